The van der Waals surface area contributed by atoms with E-state index >= 15 is 0 Å². The molecule has 0 spiro atoms. The third-order valence-corrected chi connectivity index (χ3v) is 3.40. The monoisotopic (exact) mass is 242 g/mol. The van der Waals surface area contributed by atoms with Crippen LogP contribution in [0.4, 0.5) is 5.69 Å². The van der Waals surface area contributed by atoms with E-state index in [4.69, 9.17) is 5.73 Å². The van der Waals surface area contributed by atoms with Crippen molar-refractivity contribution in [1.29, 1.82) is 0 Å². The fraction of sp³-hybridized carbons (Fsp3) is 0. The van der Waals surface area contributed by atoms with Crippen LogP contribution in [0.1, 0.15) is 0 Å². The number of benzene rings is 1. The summed E-state index contributed by atoms with van der Waals surface area (Å²) in [5.41, 5.74) is 7.43. The number of nitrogens with zero attached hydrogens (tertiary/aromatic N) is 3. The van der Waals surface area contributed by atoms with Crippen LogP contribution in [0.15, 0.2) is 58.8 Å². The number of nitrogens with two attached hydrogens (primary N) is 1. The average molecular weight is 242 g/mol. The molecule has 2 aromatic heterocycles. The topological polar surface area (TPSA) is 56.2 Å². The highest BCUT2D eigenvalue weighted by Crippen LogP contribution is 2.29. The molecule has 4 nitrogen and oxygen atoms in total. The van der Waals surface area contributed by atoms with E-state index < -0.39 is 0 Å². The van der Waals surface area contributed by atoms with Crippen molar-refractivity contribution in [3.05, 3.63) is 48.9 Å². The van der Waals surface area contributed by atoms with Crippen molar-refractivity contribution in [2.75, 3.05) is 5.73 Å². The summed E-state index contributed by atoms with van der Waals surface area (Å²) in [5.74, 6) is 0. The third-order valence-electron chi connectivity index (χ3n) is 2.38. The lowest BCUT2D eigenvalue weighted by Crippen LogP contribution is -1.90. The molecule has 0 unspecified atom stereocenters. The van der Waals surface area contributed by atoms with E-state index in [0.717, 1.165) is 21.1 Å². The van der Waals surface area contributed by atoms with Crippen molar-refractivity contribution in [2.24, 2.45) is 0 Å². The fourth-order valence-corrected chi connectivity index (χ4v) is 2.43. The SMILES string of the molecule is Nc1ccc(Sc2nccn3nccc23)cc1. The second-order valence-electron chi connectivity index (χ2n) is 3.56. The summed E-state index contributed by atoms with van der Waals surface area (Å²) < 4.78 is 1.81. The highest BCUT2D eigenvalue weighted by molar-refractivity contribution is 7.99. The molecule has 0 aliphatic rings. The Hall–Kier alpha value is -2.01. The molecule has 0 amide bonds. The van der Waals surface area contributed by atoms with Gasteiger partial charge in [0.1, 0.15) is 5.03 Å². The van der Waals surface area contributed by atoms with Crippen molar-refractivity contribution in [2.45, 2.75) is 9.92 Å². The van der Waals surface area contributed by atoms with Crippen molar-refractivity contribution < 1.29 is 0 Å². The second-order valence-corrected chi connectivity index (χ2v) is 4.63. The van der Waals surface area contributed by atoms with Gasteiger partial charge in [-0.25, -0.2) is 9.50 Å². The lowest BCUT2D eigenvalue weighted by Gasteiger charge is -2.03. The van der Waals surface area contributed by atoms with Crippen LogP contribution in [-0.4, -0.2) is 14.6 Å². The Morgan fingerprint density at radius 3 is 2.71 bits per heavy atom. The van der Waals surface area contributed by atoms with E-state index in [1.165, 1.54) is 0 Å². The van der Waals surface area contributed by atoms with Crippen LogP contribution in [0, 0.1) is 0 Å². The van der Waals surface area contributed by atoms with Crippen molar-refractivity contribution in [1.82, 2.24) is 14.6 Å². The zero-order valence-corrected chi connectivity index (χ0v) is 9.76. The van der Waals surface area contributed by atoms with Gasteiger partial charge in [0.15, 0.2) is 0 Å². The second kappa shape index (κ2) is 4.10. The molecule has 3 aromatic rings. The maximum absolute atomic E-state index is 5.66. The Kier molecular flexibility index (Phi) is 2.45. The molecule has 0 aliphatic heterocycles. The first-order chi connectivity index (χ1) is 8.33. The predicted octanol–water partition coefficient (Wildman–Crippen LogP) is 2.46. The van der Waals surface area contributed by atoms with E-state index in [-0.39, 0.29) is 0 Å². The number of hydrogen-bond acceptors (Lipinski definition) is 4. The fourth-order valence-electron chi connectivity index (χ4n) is 1.56. The van der Waals surface area contributed by atoms with Crippen LogP contribution in [0.5, 0.6) is 0 Å². The van der Waals surface area contributed by atoms with E-state index in [9.17, 15) is 0 Å². The Balaban J connectivity index is 1.99. The van der Waals surface area contributed by atoms with Gasteiger partial charge in [0.05, 0.1) is 11.7 Å². The summed E-state index contributed by atoms with van der Waals surface area (Å²) in [7, 11) is 0. The normalized spacial score (nSPS) is 10.8. The molecule has 2 heterocycles. The molecule has 84 valence electrons. The molecular weight excluding hydrogens is 232 g/mol. The van der Waals surface area contributed by atoms with Crippen LogP contribution in [0.25, 0.3) is 5.52 Å². The van der Waals surface area contributed by atoms with Crippen LogP contribution in [0.2, 0.25) is 0 Å². The molecule has 0 radical (unpaired) electrons. The van der Waals surface area contributed by atoms with Crippen LogP contribution in [0.3, 0.4) is 0 Å². The third kappa shape index (κ3) is 1.97. The number of nitrogen functional groups attached to an aromatic ring is 1. The van der Waals surface area contributed by atoms with Gasteiger partial charge in [0, 0.05) is 23.0 Å². The van der Waals surface area contributed by atoms with Gasteiger partial charge in [-0.15, -0.1) is 0 Å². The molecular formula is C12H10N4S. The molecule has 0 atom stereocenters. The lowest BCUT2D eigenvalue weighted by atomic mass is 10.3. The van der Waals surface area contributed by atoms with E-state index in [0.29, 0.717) is 0 Å². The van der Waals surface area contributed by atoms with Gasteiger partial charge in [-0.05, 0) is 30.3 Å². The first-order valence-corrected chi connectivity index (χ1v) is 5.96. The number of anilines is 1. The van der Waals surface area contributed by atoms with E-state index in [1.807, 2.05) is 41.0 Å². The average Bonchev–Trinajstić information content (AvgIpc) is 2.81. The van der Waals surface area contributed by atoms with E-state index in [2.05, 4.69) is 10.1 Å². The number of aromatic nitrogens is 3. The van der Waals surface area contributed by atoms with Crippen LogP contribution in [-0.2, 0) is 0 Å². The van der Waals surface area contributed by atoms with Crippen LogP contribution >= 0.6 is 11.8 Å². The van der Waals surface area contributed by atoms with E-state index in [1.54, 1.807) is 24.2 Å². The highest BCUT2D eigenvalue weighted by Gasteiger charge is 2.04. The summed E-state index contributed by atoms with van der Waals surface area (Å²) in [6.45, 7) is 0. The molecule has 0 saturated heterocycles. The zero-order valence-electron chi connectivity index (χ0n) is 8.95. The molecule has 17 heavy (non-hydrogen) atoms. The number of rotatable bonds is 2. The summed E-state index contributed by atoms with van der Waals surface area (Å²) >= 11 is 1.60. The van der Waals surface area contributed by atoms with Gasteiger partial charge in [-0.3, -0.25) is 0 Å². The minimum Gasteiger partial charge on any atom is -0.399 e. The molecule has 0 saturated carbocycles. The maximum Gasteiger partial charge on any atom is 0.127 e. The summed E-state index contributed by atoms with van der Waals surface area (Å²) in [5, 5.41) is 5.12. The van der Waals surface area contributed by atoms with Crippen LogP contribution < -0.4 is 5.73 Å². The first kappa shape index (κ1) is 10.2. The Bertz CT molecular complexity index is 645. The standard InChI is InChI=1S/C12H10N4S/c13-9-1-3-10(4-2-9)17-12-11-5-6-15-16(11)8-7-14-12/h1-8H,13H2. The summed E-state index contributed by atoms with van der Waals surface area (Å²) in [4.78, 5) is 5.48. The van der Waals surface area contributed by atoms with Gasteiger partial charge in [-0.2, -0.15) is 5.10 Å². The van der Waals surface area contributed by atoms with Gasteiger partial charge in [-0.1, -0.05) is 11.8 Å². The van der Waals surface area contributed by atoms with Gasteiger partial charge in [0.25, 0.3) is 0 Å². The lowest BCUT2D eigenvalue weighted by molar-refractivity contribution is 0.917. The van der Waals surface area contributed by atoms with Crippen molar-refractivity contribution in [3.63, 3.8) is 0 Å². The molecule has 3 rings (SSSR count). The predicted molar refractivity (Wildman–Crippen MR) is 68.0 cm³/mol. The number of hydrogen-bond donors (Lipinski definition) is 1. The van der Waals surface area contributed by atoms with Gasteiger partial charge >= 0.3 is 0 Å². The Morgan fingerprint density at radius 1 is 1.06 bits per heavy atom. The smallest absolute Gasteiger partial charge is 0.127 e. The summed E-state index contributed by atoms with van der Waals surface area (Å²) in [6, 6.07) is 9.70. The minimum atomic E-state index is 0.768. The largest absolute Gasteiger partial charge is 0.399 e. The number of fused-ring (bicyclic) bond motifs is 1. The minimum absolute atomic E-state index is 0.768. The van der Waals surface area contributed by atoms with Gasteiger partial charge in [0.2, 0.25) is 0 Å². The summed E-state index contributed by atoms with van der Waals surface area (Å²) in [6.07, 6.45) is 5.35. The zero-order chi connectivity index (χ0) is 11.7. The van der Waals surface area contributed by atoms with Crippen molar-refractivity contribution in [3.8, 4) is 0 Å². The molecule has 2 N–H and O–H groups in total. The molecule has 5 heteroatoms. The quantitative estimate of drug-likeness (QED) is 0.701. The molecule has 1 aromatic carbocycles. The molecule has 0 bridgehead atoms. The first-order valence-electron chi connectivity index (χ1n) is 5.15. The Morgan fingerprint density at radius 2 is 1.88 bits per heavy atom. The molecule has 0 aliphatic carbocycles. The van der Waals surface area contributed by atoms with Crippen molar-refractivity contribution >= 4 is 23.0 Å². The maximum atomic E-state index is 5.66. The molecule has 0 fully saturated rings. The highest BCUT2D eigenvalue weighted by atomic mass is 32.2. The van der Waals surface area contributed by atoms with Gasteiger partial charge < -0.3 is 5.73 Å². The Labute approximate surface area is 102 Å².